The van der Waals surface area contributed by atoms with Crippen LogP contribution in [-0.2, 0) is 31.1 Å². The minimum atomic E-state index is -1.11. The van der Waals surface area contributed by atoms with Crippen LogP contribution in [0, 0.1) is 0 Å². The molecule has 35 heavy (non-hydrogen) atoms. The molecule has 5 heteroatoms. The van der Waals surface area contributed by atoms with Gasteiger partial charge in [0.2, 0.25) is 0 Å². The van der Waals surface area contributed by atoms with Gasteiger partial charge in [0.15, 0.2) is 0 Å². The molecular formula is C30H32Cl2NSiZr. The van der Waals surface area contributed by atoms with E-state index in [0.717, 1.165) is 0 Å². The predicted molar refractivity (Wildman–Crippen MR) is 141 cm³/mol. The minimum absolute atomic E-state index is 0. The smallest absolute Gasteiger partial charge is 1.00 e. The van der Waals surface area contributed by atoms with Gasteiger partial charge in [0.1, 0.15) is 8.07 Å². The summed E-state index contributed by atoms with van der Waals surface area (Å²) in [5.41, 5.74) is 13.1. The summed E-state index contributed by atoms with van der Waals surface area (Å²) >= 11 is 1.59. The maximum absolute atomic E-state index is 4.19. The molecule has 7 rings (SSSR count). The second-order valence-electron chi connectivity index (χ2n) is 10.2. The van der Waals surface area contributed by atoms with E-state index < -0.39 is 8.07 Å². The third kappa shape index (κ3) is 4.75. The van der Waals surface area contributed by atoms with Crippen LogP contribution in [0.25, 0.3) is 17.2 Å². The van der Waals surface area contributed by atoms with Gasteiger partial charge in [-0.1, -0.05) is 18.7 Å². The molecule has 3 heterocycles. The first kappa shape index (κ1) is 28.3. The van der Waals surface area contributed by atoms with E-state index >= 15 is 0 Å². The van der Waals surface area contributed by atoms with Gasteiger partial charge in [-0.3, -0.25) is 4.99 Å². The Balaban J connectivity index is 0.000000208. The van der Waals surface area contributed by atoms with Gasteiger partial charge in [-0.2, -0.15) is 0 Å². The second-order valence-corrected chi connectivity index (χ2v) is 15.8. The molecule has 1 nitrogen and oxygen atoms in total. The van der Waals surface area contributed by atoms with Crippen LogP contribution < -0.4 is 24.8 Å². The Morgan fingerprint density at radius 1 is 0.971 bits per heavy atom. The standard InChI is InChI=1S/C20H21.C10H11NSi.2ClH.Zr/c1-3-4-6-16-9-11-17(12-10-16)19-8-5-7-18-13-15(2)14-20(18)19;1-6-9-7-4-11-5-8(7)10(6)12(9,2)3;;;/h5,7-14H,3-4,6H2,1-2H3;4-5H,1-3H3;2*1H;/q;;;;+2/p-2. The van der Waals surface area contributed by atoms with E-state index in [2.05, 4.69) is 87.4 Å². The van der Waals surface area contributed by atoms with Crippen molar-refractivity contribution in [3.63, 3.8) is 0 Å². The maximum atomic E-state index is 4.19. The van der Waals surface area contributed by atoms with Crippen LogP contribution in [0.2, 0.25) is 13.1 Å². The van der Waals surface area contributed by atoms with Crippen LogP contribution in [0.3, 0.4) is 0 Å². The Morgan fingerprint density at radius 3 is 2.31 bits per heavy atom. The third-order valence-electron chi connectivity index (χ3n) is 7.60. The van der Waals surface area contributed by atoms with Crippen molar-refractivity contribution in [2.75, 3.05) is 0 Å². The first-order valence-electron chi connectivity index (χ1n) is 12.2. The summed E-state index contributed by atoms with van der Waals surface area (Å²) in [7, 11) is -1.11. The summed E-state index contributed by atoms with van der Waals surface area (Å²) in [6, 6.07) is 15.9. The van der Waals surface area contributed by atoms with E-state index in [4.69, 9.17) is 0 Å². The number of unbranched alkanes of at least 4 members (excludes halogenated alkanes) is 1. The number of fused-ring (bicyclic) bond motifs is 1. The molecule has 179 valence electrons. The number of aryl methyl sites for hydroxylation is 1. The summed E-state index contributed by atoms with van der Waals surface area (Å²) < 4.78 is 0.649. The molecule has 0 spiro atoms. The molecule has 0 N–H and O–H groups in total. The molecule has 5 aliphatic rings. The summed E-state index contributed by atoms with van der Waals surface area (Å²) in [6.45, 7) is 11.6. The number of benzene rings is 2. The Labute approximate surface area is 239 Å². The van der Waals surface area contributed by atoms with Crippen molar-refractivity contribution in [2.45, 2.75) is 56.8 Å². The minimum Gasteiger partial charge on any atom is -1.00 e. The molecule has 0 aromatic heterocycles. The SMILES string of the molecule is CC1=C2C3=CN=CC3=C1[Si]2(C)C.CCCCc1ccc(-c2cccc3c2C=C(C)[CH]3[Zr+2])cc1.[Cl-].[Cl-]. The zero-order valence-electron chi connectivity index (χ0n) is 21.2. The van der Waals surface area contributed by atoms with Crippen molar-refractivity contribution in [3.8, 4) is 11.1 Å². The topological polar surface area (TPSA) is 12.4 Å². The number of nitrogens with zero attached hydrogens (tertiary/aromatic N) is 1. The Bertz CT molecular complexity index is 1300. The fourth-order valence-electron chi connectivity index (χ4n) is 5.96. The van der Waals surface area contributed by atoms with Gasteiger partial charge in [0.05, 0.1) is 0 Å². The second kappa shape index (κ2) is 11.0. The van der Waals surface area contributed by atoms with Crippen LogP contribution in [0.1, 0.15) is 53.9 Å². The van der Waals surface area contributed by atoms with Gasteiger partial charge in [0.25, 0.3) is 0 Å². The Hall–Kier alpha value is -1.25. The van der Waals surface area contributed by atoms with Gasteiger partial charge in [0, 0.05) is 23.6 Å². The van der Waals surface area contributed by atoms with Crippen LogP contribution in [-0.4, -0.2) is 14.3 Å². The molecule has 0 saturated heterocycles. The van der Waals surface area contributed by atoms with E-state index in [1.54, 1.807) is 40.7 Å². The van der Waals surface area contributed by atoms with E-state index in [9.17, 15) is 0 Å². The fourth-order valence-corrected chi connectivity index (χ4v) is 10.7. The van der Waals surface area contributed by atoms with Crippen molar-refractivity contribution < 1.29 is 49.5 Å². The molecule has 0 saturated carbocycles. The molecule has 1 unspecified atom stereocenters. The average Bonchev–Trinajstić information content (AvgIpc) is 3.50. The van der Waals surface area contributed by atoms with Crippen LogP contribution in [0.15, 0.2) is 86.3 Å². The van der Waals surface area contributed by atoms with E-state index in [-0.39, 0.29) is 24.8 Å². The molecule has 2 aromatic rings. The number of hydrogen-bond acceptors (Lipinski definition) is 1. The molecule has 2 bridgehead atoms. The largest absolute Gasteiger partial charge is 1.00 e. The average molecular weight is 597 g/mol. The Kier molecular flexibility index (Phi) is 8.91. The molecule has 2 aromatic carbocycles. The van der Waals surface area contributed by atoms with Gasteiger partial charge in [-0.25, -0.2) is 0 Å². The zero-order chi connectivity index (χ0) is 23.3. The van der Waals surface area contributed by atoms with Crippen LogP contribution in [0.4, 0.5) is 0 Å². The van der Waals surface area contributed by atoms with Crippen molar-refractivity contribution in [1.29, 1.82) is 0 Å². The quantitative estimate of drug-likeness (QED) is 0.480. The van der Waals surface area contributed by atoms with E-state index in [1.165, 1.54) is 63.8 Å². The van der Waals surface area contributed by atoms with Crippen LogP contribution in [0.5, 0.6) is 0 Å². The molecule has 0 radical (unpaired) electrons. The molecular weight excluding hydrogens is 565 g/mol. The normalized spacial score (nSPS) is 19.6. The first-order chi connectivity index (χ1) is 15.8. The molecule has 0 amide bonds. The summed E-state index contributed by atoms with van der Waals surface area (Å²) in [4.78, 5) is 4.19. The van der Waals surface area contributed by atoms with Crippen molar-refractivity contribution >= 4 is 20.4 Å². The maximum Gasteiger partial charge on any atom is -1.00 e. The van der Waals surface area contributed by atoms with Crippen molar-refractivity contribution in [2.24, 2.45) is 4.99 Å². The van der Waals surface area contributed by atoms with E-state index in [0.29, 0.717) is 3.63 Å². The number of halogens is 2. The van der Waals surface area contributed by atoms with Gasteiger partial charge < -0.3 is 24.8 Å². The summed E-state index contributed by atoms with van der Waals surface area (Å²) in [6.07, 6.45) is 10.2. The number of hydrogen-bond donors (Lipinski definition) is 0. The van der Waals surface area contributed by atoms with Gasteiger partial charge in [-0.15, -0.1) is 0 Å². The fraction of sp³-hybridized carbons (Fsp3) is 0.300. The predicted octanol–water partition coefficient (Wildman–Crippen LogP) is 2.09. The monoisotopic (exact) mass is 594 g/mol. The zero-order valence-corrected chi connectivity index (χ0v) is 26.1. The summed E-state index contributed by atoms with van der Waals surface area (Å²) in [5, 5.41) is 3.31. The molecule has 0 fully saturated rings. The molecule has 2 aliphatic carbocycles. The van der Waals surface area contributed by atoms with Crippen molar-refractivity contribution in [1.82, 2.24) is 0 Å². The van der Waals surface area contributed by atoms with E-state index in [1.807, 2.05) is 12.4 Å². The van der Waals surface area contributed by atoms with Gasteiger partial charge in [-0.05, 0) is 17.3 Å². The number of rotatable bonds is 4. The molecule has 3 aliphatic heterocycles. The molecule has 1 atom stereocenters. The van der Waals surface area contributed by atoms with Crippen molar-refractivity contribution in [3.05, 3.63) is 98.0 Å². The number of aliphatic imine (C=N–C) groups is 1. The summed E-state index contributed by atoms with van der Waals surface area (Å²) in [5.74, 6) is 0. The Morgan fingerprint density at radius 2 is 1.69 bits per heavy atom. The number of allylic oxidation sites excluding steroid dienone is 6. The first-order valence-corrected chi connectivity index (χ1v) is 16.6. The van der Waals surface area contributed by atoms with Crippen LogP contribution >= 0.6 is 0 Å². The third-order valence-corrected chi connectivity index (χ3v) is 13.3. The van der Waals surface area contributed by atoms with Gasteiger partial charge >= 0.3 is 143 Å².